The van der Waals surface area contributed by atoms with Crippen LogP contribution in [0.25, 0.3) is 16.6 Å². The Balaban J connectivity index is 1.34. The second-order valence-corrected chi connectivity index (χ2v) is 10.9. The summed E-state index contributed by atoms with van der Waals surface area (Å²) in [6.45, 7) is 9.30. The topological polar surface area (TPSA) is 88.3 Å². The minimum absolute atomic E-state index is 0.160. The van der Waals surface area contributed by atoms with Gasteiger partial charge in [-0.3, -0.25) is 0 Å². The van der Waals surface area contributed by atoms with Crippen LogP contribution in [0.2, 0.25) is 0 Å². The van der Waals surface area contributed by atoms with Crippen molar-refractivity contribution in [3.8, 4) is 0 Å². The van der Waals surface area contributed by atoms with Crippen LogP contribution in [0.15, 0.2) is 54.4 Å². The number of aromatic nitrogens is 4. The SMILES string of the molecule is C/C(=C\C=C(/C)N1CCOCC1)c1nn(CC2CCC(O)CC2)c2nc(NCCCc3ccccc3)ncc12. The second kappa shape index (κ2) is 13.2. The van der Waals surface area contributed by atoms with Crippen LogP contribution in [0.4, 0.5) is 5.95 Å². The first-order valence-electron chi connectivity index (χ1n) is 14.4. The van der Waals surface area contributed by atoms with Gasteiger partial charge in [-0.15, -0.1) is 0 Å². The van der Waals surface area contributed by atoms with E-state index < -0.39 is 0 Å². The van der Waals surface area contributed by atoms with Crippen LogP contribution in [-0.2, 0) is 17.7 Å². The van der Waals surface area contributed by atoms with Crippen molar-refractivity contribution in [2.45, 2.75) is 65.0 Å². The molecule has 0 unspecified atom stereocenters. The molecule has 0 bridgehead atoms. The summed E-state index contributed by atoms with van der Waals surface area (Å²) >= 11 is 0. The number of ether oxygens (including phenoxy) is 1. The molecule has 8 heteroatoms. The summed E-state index contributed by atoms with van der Waals surface area (Å²) in [6.07, 6.45) is 11.9. The third-order valence-electron chi connectivity index (χ3n) is 7.96. The predicted octanol–water partition coefficient (Wildman–Crippen LogP) is 5.06. The third kappa shape index (κ3) is 7.25. The van der Waals surface area contributed by atoms with Crippen molar-refractivity contribution < 1.29 is 9.84 Å². The Morgan fingerprint density at radius 2 is 1.85 bits per heavy atom. The van der Waals surface area contributed by atoms with E-state index in [0.717, 1.165) is 100 Å². The number of nitrogens with zero attached hydrogens (tertiary/aromatic N) is 5. The Bertz CT molecular complexity index is 1270. The molecule has 39 heavy (non-hydrogen) atoms. The van der Waals surface area contributed by atoms with Crippen LogP contribution in [0.1, 0.15) is 57.2 Å². The maximum Gasteiger partial charge on any atom is 0.224 e. The van der Waals surface area contributed by atoms with Gasteiger partial charge in [0.25, 0.3) is 0 Å². The molecule has 3 heterocycles. The summed E-state index contributed by atoms with van der Waals surface area (Å²) in [5, 5.41) is 19.4. The molecule has 2 aliphatic rings. The van der Waals surface area contributed by atoms with Gasteiger partial charge in [0.05, 0.1) is 30.4 Å². The number of aliphatic hydroxyl groups excluding tert-OH is 1. The van der Waals surface area contributed by atoms with Crippen LogP contribution in [-0.4, -0.2) is 68.7 Å². The van der Waals surface area contributed by atoms with Gasteiger partial charge in [0, 0.05) is 38.1 Å². The molecule has 5 rings (SSSR count). The molecule has 2 fully saturated rings. The van der Waals surface area contributed by atoms with Gasteiger partial charge < -0.3 is 20.1 Å². The molecule has 0 atom stereocenters. The van der Waals surface area contributed by atoms with Crippen molar-refractivity contribution in [3.63, 3.8) is 0 Å². The van der Waals surface area contributed by atoms with E-state index in [1.54, 1.807) is 0 Å². The molecule has 2 aromatic heterocycles. The number of morpholine rings is 1. The summed E-state index contributed by atoms with van der Waals surface area (Å²) in [7, 11) is 0. The Kier molecular flexibility index (Phi) is 9.27. The van der Waals surface area contributed by atoms with E-state index in [1.165, 1.54) is 11.3 Å². The number of aryl methyl sites for hydroxylation is 1. The minimum atomic E-state index is -0.160. The van der Waals surface area contributed by atoms with Gasteiger partial charge in [-0.25, -0.2) is 9.67 Å². The monoisotopic (exact) mass is 530 g/mol. The van der Waals surface area contributed by atoms with Crippen molar-refractivity contribution in [2.24, 2.45) is 5.92 Å². The van der Waals surface area contributed by atoms with Gasteiger partial charge in [0.15, 0.2) is 5.65 Å². The third-order valence-corrected chi connectivity index (χ3v) is 7.96. The van der Waals surface area contributed by atoms with Crippen molar-refractivity contribution >= 4 is 22.6 Å². The molecule has 1 saturated carbocycles. The molecule has 1 saturated heterocycles. The lowest BCUT2D eigenvalue weighted by Gasteiger charge is -2.29. The smallest absolute Gasteiger partial charge is 0.224 e. The molecule has 1 aromatic carbocycles. The molecule has 2 N–H and O–H groups in total. The molecular weight excluding hydrogens is 488 g/mol. The van der Waals surface area contributed by atoms with E-state index in [9.17, 15) is 5.11 Å². The quantitative estimate of drug-likeness (QED) is 0.280. The Hall–Kier alpha value is -3.23. The zero-order chi connectivity index (χ0) is 27.0. The first-order valence-corrected chi connectivity index (χ1v) is 14.4. The van der Waals surface area contributed by atoms with Gasteiger partial charge in [0.2, 0.25) is 5.95 Å². The second-order valence-electron chi connectivity index (χ2n) is 10.9. The van der Waals surface area contributed by atoms with Crippen LogP contribution in [0.5, 0.6) is 0 Å². The highest BCUT2D eigenvalue weighted by atomic mass is 16.5. The number of hydrogen-bond acceptors (Lipinski definition) is 7. The number of anilines is 1. The van der Waals surface area contributed by atoms with Crippen LogP contribution in [0, 0.1) is 5.92 Å². The summed E-state index contributed by atoms with van der Waals surface area (Å²) in [5.41, 5.74) is 5.48. The lowest BCUT2D eigenvalue weighted by atomic mass is 9.87. The molecule has 0 amide bonds. The average molecular weight is 531 g/mol. The number of nitrogens with one attached hydrogen (secondary N) is 1. The van der Waals surface area contributed by atoms with Crippen LogP contribution >= 0.6 is 0 Å². The van der Waals surface area contributed by atoms with Gasteiger partial charge >= 0.3 is 0 Å². The van der Waals surface area contributed by atoms with E-state index in [1.807, 2.05) is 6.20 Å². The summed E-state index contributed by atoms with van der Waals surface area (Å²) < 4.78 is 7.56. The Morgan fingerprint density at radius 1 is 1.08 bits per heavy atom. The number of aliphatic hydroxyl groups is 1. The fourth-order valence-electron chi connectivity index (χ4n) is 5.52. The molecule has 208 valence electrons. The minimum Gasteiger partial charge on any atom is -0.393 e. The standard InChI is InChI=1S/C31H42N6O2/c1-23(10-11-24(2)36-17-19-39-20-18-36)29-28-21-33-31(32-16-6-9-25-7-4-3-5-8-25)34-30(28)37(35-29)22-26-12-14-27(38)15-13-26/h3-5,7-8,10-11,21,26-27,38H,6,9,12-20,22H2,1-2H3,(H,32,33,34)/b23-10+,24-11+. The first kappa shape index (κ1) is 27.3. The average Bonchev–Trinajstić information content (AvgIpc) is 3.33. The predicted molar refractivity (Wildman–Crippen MR) is 156 cm³/mol. The van der Waals surface area contributed by atoms with E-state index in [4.69, 9.17) is 14.8 Å². The van der Waals surface area contributed by atoms with E-state index in [2.05, 4.69) is 76.2 Å². The van der Waals surface area contributed by atoms with Gasteiger partial charge in [0.1, 0.15) is 0 Å². The lowest BCUT2D eigenvalue weighted by molar-refractivity contribution is 0.0537. The Morgan fingerprint density at radius 3 is 2.62 bits per heavy atom. The summed E-state index contributed by atoms with van der Waals surface area (Å²) in [5.74, 6) is 1.14. The van der Waals surface area contributed by atoms with E-state index >= 15 is 0 Å². The fraction of sp³-hybridized carbons (Fsp3) is 0.516. The molecule has 8 nitrogen and oxygen atoms in total. The number of hydrogen-bond donors (Lipinski definition) is 2. The van der Waals surface area contributed by atoms with Crippen molar-refractivity contribution in [3.05, 3.63) is 65.6 Å². The molecular formula is C31H42N6O2. The number of rotatable bonds is 10. The van der Waals surface area contributed by atoms with Crippen LogP contribution in [0.3, 0.4) is 0 Å². The highest BCUT2D eigenvalue weighted by Crippen LogP contribution is 2.29. The van der Waals surface area contributed by atoms with Crippen molar-refractivity contribution in [1.82, 2.24) is 24.6 Å². The molecule has 0 radical (unpaired) electrons. The van der Waals surface area contributed by atoms with Gasteiger partial charge in [-0.1, -0.05) is 36.4 Å². The van der Waals surface area contributed by atoms with Crippen LogP contribution < -0.4 is 5.32 Å². The van der Waals surface area contributed by atoms with Gasteiger partial charge in [-0.05, 0) is 75.5 Å². The zero-order valence-corrected chi connectivity index (χ0v) is 23.4. The van der Waals surface area contributed by atoms with Crippen molar-refractivity contribution in [1.29, 1.82) is 0 Å². The largest absolute Gasteiger partial charge is 0.393 e. The number of fused-ring (bicyclic) bond motifs is 1. The van der Waals surface area contributed by atoms with E-state index in [0.29, 0.717) is 11.9 Å². The highest BCUT2D eigenvalue weighted by Gasteiger charge is 2.22. The van der Waals surface area contributed by atoms with Gasteiger partial charge in [-0.2, -0.15) is 10.1 Å². The molecule has 3 aromatic rings. The highest BCUT2D eigenvalue weighted by molar-refractivity contribution is 5.88. The summed E-state index contributed by atoms with van der Waals surface area (Å²) in [6, 6.07) is 10.6. The normalized spacial score (nSPS) is 20.9. The van der Waals surface area contributed by atoms with E-state index in [-0.39, 0.29) is 6.10 Å². The maximum absolute atomic E-state index is 9.98. The zero-order valence-electron chi connectivity index (χ0n) is 23.4. The fourth-order valence-corrected chi connectivity index (χ4v) is 5.52. The lowest BCUT2D eigenvalue weighted by Crippen LogP contribution is -2.34. The summed E-state index contributed by atoms with van der Waals surface area (Å²) in [4.78, 5) is 12.0. The number of allylic oxidation sites excluding steroid dienone is 4. The molecule has 0 spiro atoms. The Labute approximate surface area is 231 Å². The maximum atomic E-state index is 9.98. The molecule has 1 aliphatic heterocycles. The number of benzene rings is 1. The molecule has 1 aliphatic carbocycles. The first-order chi connectivity index (χ1) is 19.1. The van der Waals surface area contributed by atoms with Crippen molar-refractivity contribution in [2.75, 3.05) is 38.2 Å².